The molecule has 1 aliphatic carbocycles. The van der Waals surface area contributed by atoms with E-state index in [2.05, 4.69) is 162 Å². The number of nitrogens with zero attached hydrogens (tertiary/aromatic N) is 1. The summed E-state index contributed by atoms with van der Waals surface area (Å²) in [5, 5.41) is 2.52. The second-order valence-corrected chi connectivity index (χ2v) is 12.1. The van der Waals surface area contributed by atoms with E-state index in [0.29, 0.717) is 0 Å². The first kappa shape index (κ1) is 24.6. The molecule has 0 bridgehead atoms. The number of benzene rings is 7. The molecule has 0 saturated carbocycles. The number of hydrogen-bond acceptors (Lipinski definition) is 1. The normalized spacial score (nSPS) is 13.0. The van der Waals surface area contributed by atoms with E-state index in [1.165, 1.54) is 60.8 Å². The summed E-state index contributed by atoms with van der Waals surface area (Å²) in [6.07, 6.45) is 0. The van der Waals surface area contributed by atoms with Crippen LogP contribution in [0.1, 0.15) is 22.6 Å². The Morgan fingerprint density at radius 2 is 0.889 bits per heavy atom. The minimum Gasteiger partial charge on any atom is -0.456 e. The molecule has 210 valence electrons. The van der Waals surface area contributed by atoms with Gasteiger partial charge in [-0.2, -0.15) is 0 Å². The highest BCUT2D eigenvalue weighted by Gasteiger charge is 2.31. The average molecular weight is 574 g/mol. The fourth-order valence-corrected chi connectivity index (χ4v) is 7.77. The average Bonchev–Trinajstić information content (AvgIpc) is 3.57. The van der Waals surface area contributed by atoms with Gasteiger partial charge in [0.25, 0.3) is 0 Å². The molecule has 0 saturated heterocycles. The van der Waals surface area contributed by atoms with E-state index < -0.39 is 0 Å². The molecule has 2 aliphatic rings. The minimum atomic E-state index is 0.183. The zero-order chi connectivity index (χ0) is 29.5. The summed E-state index contributed by atoms with van der Waals surface area (Å²) in [5.74, 6) is 1.94. The molecule has 1 aliphatic heterocycles. The second kappa shape index (κ2) is 9.32. The van der Waals surface area contributed by atoms with Crippen LogP contribution in [0.4, 0.5) is 0 Å². The predicted octanol–water partition coefficient (Wildman–Crippen LogP) is 11.4. The highest BCUT2D eigenvalue weighted by atomic mass is 16.5. The van der Waals surface area contributed by atoms with Gasteiger partial charge in [0.2, 0.25) is 0 Å². The van der Waals surface area contributed by atoms with Crippen molar-refractivity contribution in [3.63, 3.8) is 0 Å². The van der Waals surface area contributed by atoms with Crippen LogP contribution in [-0.4, -0.2) is 4.57 Å². The molecular formula is C43H27NO. The van der Waals surface area contributed by atoms with Gasteiger partial charge in [0, 0.05) is 33.5 Å². The van der Waals surface area contributed by atoms with Crippen molar-refractivity contribution < 1.29 is 4.74 Å². The summed E-state index contributed by atoms with van der Waals surface area (Å²) in [7, 11) is 0. The number of ether oxygens (including phenoxy) is 1. The lowest BCUT2D eigenvalue weighted by atomic mass is 9.86. The standard InChI is InChI=1S/C43H27NO/c1-2-14-32-31(13-1)37-25-27(43-35-17-5-3-11-29(35)30-12-4-6-18-36(30)43)21-23-41(37)45-42-24-22-28(26-38(32)42)44-39-19-9-7-15-33(39)34-16-8-10-20-40(34)44/h1-26,43H. The summed E-state index contributed by atoms with van der Waals surface area (Å²) in [6.45, 7) is 0. The second-order valence-electron chi connectivity index (χ2n) is 12.1. The summed E-state index contributed by atoms with van der Waals surface area (Å²) < 4.78 is 9.15. The van der Waals surface area contributed by atoms with Gasteiger partial charge in [0.05, 0.1) is 11.0 Å². The van der Waals surface area contributed by atoms with Crippen LogP contribution in [-0.2, 0) is 0 Å². The number of fused-ring (bicyclic) bond motifs is 11. The van der Waals surface area contributed by atoms with Crippen LogP contribution in [0, 0.1) is 0 Å². The highest BCUT2D eigenvalue weighted by molar-refractivity contribution is 6.09. The van der Waals surface area contributed by atoms with E-state index >= 15 is 0 Å². The van der Waals surface area contributed by atoms with Crippen molar-refractivity contribution in [2.75, 3.05) is 0 Å². The van der Waals surface area contributed by atoms with Gasteiger partial charge in [-0.25, -0.2) is 0 Å². The quantitative estimate of drug-likeness (QED) is 0.201. The van der Waals surface area contributed by atoms with Gasteiger partial charge >= 0.3 is 0 Å². The Bertz CT molecular complexity index is 2380. The van der Waals surface area contributed by atoms with Crippen molar-refractivity contribution >= 4 is 21.8 Å². The number of rotatable bonds is 2. The first-order valence-corrected chi connectivity index (χ1v) is 15.6. The lowest BCUT2D eigenvalue weighted by Crippen LogP contribution is -2.00. The molecule has 2 heteroatoms. The maximum atomic E-state index is 6.78. The fraction of sp³-hybridized carbons (Fsp3) is 0.0233. The largest absolute Gasteiger partial charge is 0.456 e. The Kier molecular flexibility index (Phi) is 5.09. The van der Waals surface area contributed by atoms with Crippen LogP contribution in [0.2, 0.25) is 0 Å². The Morgan fingerprint density at radius 1 is 0.400 bits per heavy atom. The van der Waals surface area contributed by atoms with Crippen molar-refractivity contribution in [1.29, 1.82) is 0 Å². The SMILES string of the molecule is c1ccc2c(c1)-c1cc(C3c4ccccc4-c4ccccc43)ccc1Oc1ccc(-n3c4ccccc4c4ccccc43)cc1-2. The van der Waals surface area contributed by atoms with Crippen molar-refractivity contribution in [3.8, 4) is 50.6 Å². The van der Waals surface area contributed by atoms with Crippen molar-refractivity contribution in [2.45, 2.75) is 5.92 Å². The van der Waals surface area contributed by atoms with Gasteiger partial charge < -0.3 is 9.30 Å². The zero-order valence-corrected chi connectivity index (χ0v) is 24.4. The minimum absolute atomic E-state index is 0.183. The van der Waals surface area contributed by atoms with Crippen LogP contribution < -0.4 is 4.74 Å². The topological polar surface area (TPSA) is 14.2 Å². The first-order valence-electron chi connectivity index (χ1n) is 15.6. The monoisotopic (exact) mass is 573 g/mol. The van der Waals surface area contributed by atoms with E-state index in [1.807, 2.05) is 0 Å². The molecule has 45 heavy (non-hydrogen) atoms. The molecule has 0 N–H and O–H groups in total. The van der Waals surface area contributed by atoms with Crippen LogP contribution in [0.25, 0.3) is 60.9 Å². The Morgan fingerprint density at radius 3 is 1.51 bits per heavy atom. The molecule has 0 amide bonds. The van der Waals surface area contributed by atoms with E-state index in [-0.39, 0.29) is 5.92 Å². The summed E-state index contributed by atoms with van der Waals surface area (Å²) >= 11 is 0. The van der Waals surface area contributed by atoms with E-state index in [4.69, 9.17) is 4.74 Å². The van der Waals surface area contributed by atoms with Crippen LogP contribution in [0.15, 0.2) is 158 Å². The van der Waals surface area contributed by atoms with Gasteiger partial charge in [-0.15, -0.1) is 0 Å². The highest BCUT2D eigenvalue weighted by Crippen LogP contribution is 2.52. The molecule has 8 aromatic rings. The maximum absolute atomic E-state index is 6.78. The van der Waals surface area contributed by atoms with E-state index in [1.54, 1.807) is 0 Å². The Hall–Kier alpha value is -5.86. The molecule has 7 aromatic carbocycles. The third-order valence-corrected chi connectivity index (χ3v) is 9.70. The van der Waals surface area contributed by atoms with Gasteiger partial charge in [0.1, 0.15) is 11.5 Å². The maximum Gasteiger partial charge on any atom is 0.135 e. The summed E-state index contributed by atoms with van der Waals surface area (Å²) in [6, 6.07) is 57.1. The third kappa shape index (κ3) is 3.51. The molecule has 0 fully saturated rings. The molecule has 1 aromatic heterocycles. The van der Waals surface area contributed by atoms with Crippen molar-refractivity contribution in [1.82, 2.24) is 4.57 Å². The van der Waals surface area contributed by atoms with Gasteiger partial charge in [-0.1, -0.05) is 115 Å². The smallest absolute Gasteiger partial charge is 0.135 e. The molecule has 0 atom stereocenters. The van der Waals surface area contributed by atoms with Gasteiger partial charge in [0.15, 0.2) is 0 Å². The summed E-state index contributed by atoms with van der Waals surface area (Å²) in [5.41, 5.74) is 14.8. The van der Waals surface area contributed by atoms with E-state index in [0.717, 1.165) is 28.3 Å². The van der Waals surface area contributed by atoms with Crippen LogP contribution in [0.5, 0.6) is 11.5 Å². The van der Waals surface area contributed by atoms with Crippen molar-refractivity contribution in [3.05, 3.63) is 174 Å². The molecule has 0 spiro atoms. The molecular weight excluding hydrogens is 546 g/mol. The molecule has 2 heterocycles. The lowest BCUT2D eigenvalue weighted by molar-refractivity contribution is 0.487. The Balaban J connectivity index is 1.16. The zero-order valence-electron chi connectivity index (χ0n) is 24.4. The Labute approximate surface area is 261 Å². The van der Waals surface area contributed by atoms with Gasteiger partial charge in [-0.05, 0) is 81.4 Å². The van der Waals surface area contributed by atoms with Gasteiger partial charge in [-0.3, -0.25) is 0 Å². The molecule has 2 nitrogen and oxygen atoms in total. The molecule has 10 rings (SSSR count). The van der Waals surface area contributed by atoms with E-state index in [9.17, 15) is 0 Å². The lowest BCUT2D eigenvalue weighted by Gasteiger charge is -2.17. The molecule has 0 unspecified atom stereocenters. The van der Waals surface area contributed by atoms with Crippen LogP contribution >= 0.6 is 0 Å². The predicted molar refractivity (Wildman–Crippen MR) is 185 cm³/mol. The first-order chi connectivity index (χ1) is 22.3. The van der Waals surface area contributed by atoms with Crippen molar-refractivity contribution in [2.24, 2.45) is 0 Å². The number of para-hydroxylation sites is 2. The summed E-state index contributed by atoms with van der Waals surface area (Å²) in [4.78, 5) is 0. The molecule has 0 radical (unpaired) electrons. The number of aromatic nitrogens is 1. The fourth-order valence-electron chi connectivity index (χ4n) is 7.77. The number of hydrogen-bond donors (Lipinski definition) is 0. The third-order valence-electron chi connectivity index (χ3n) is 9.70. The van der Waals surface area contributed by atoms with Crippen LogP contribution in [0.3, 0.4) is 0 Å².